The van der Waals surface area contributed by atoms with E-state index in [1.807, 2.05) is 42.5 Å². The van der Waals surface area contributed by atoms with E-state index in [-0.39, 0.29) is 5.69 Å². The number of halogens is 1. The van der Waals surface area contributed by atoms with Crippen molar-refractivity contribution in [3.63, 3.8) is 0 Å². The van der Waals surface area contributed by atoms with Crippen LogP contribution in [-0.4, -0.2) is 15.0 Å². The fourth-order valence-corrected chi connectivity index (χ4v) is 3.48. The third-order valence-corrected chi connectivity index (χ3v) is 4.66. The molecule has 0 spiro atoms. The Balaban J connectivity index is 1.58. The molecule has 7 heteroatoms. The van der Waals surface area contributed by atoms with Gasteiger partial charge in [-0.3, -0.25) is 0 Å². The van der Waals surface area contributed by atoms with Crippen molar-refractivity contribution < 1.29 is 0 Å². The predicted octanol–water partition coefficient (Wildman–Crippen LogP) is 4.44. The van der Waals surface area contributed by atoms with Crippen molar-refractivity contribution in [3.8, 4) is 11.1 Å². The predicted molar refractivity (Wildman–Crippen MR) is 98.2 cm³/mol. The number of nitrogens with zero attached hydrogens (tertiary/aromatic N) is 2. The second kappa shape index (κ2) is 6.07. The summed E-state index contributed by atoms with van der Waals surface area (Å²) < 4.78 is 1.04. The molecule has 0 saturated heterocycles. The maximum Gasteiger partial charge on any atom is 0.344 e. The zero-order valence-corrected chi connectivity index (χ0v) is 13.9. The summed E-state index contributed by atoms with van der Waals surface area (Å²) in [5.41, 5.74) is 3.33. The van der Waals surface area contributed by atoms with Gasteiger partial charge in [0.25, 0.3) is 0 Å². The van der Waals surface area contributed by atoms with Crippen LogP contribution in [0.15, 0.2) is 59.7 Å². The number of H-pyrrole nitrogens is 1. The third-order valence-electron chi connectivity index (χ3n) is 3.49. The molecule has 2 N–H and O–H groups in total. The van der Waals surface area contributed by atoms with E-state index in [1.54, 1.807) is 23.7 Å². The molecule has 0 amide bonds. The van der Waals surface area contributed by atoms with E-state index in [4.69, 9.17) is 11.6 Å². The van der Waals surface area contributed by atoms with Crippen LogP contribution in [0.25, 0.3) is 21.3 Å². The molecule has 4 aromatic rings. The molecule has 2 aromatic carbocycles. The highest BCUT2D eigenvalue weighted by molar-refractivity contribution is 7.22. The topological polar surface area (TPSA) is 70.7 Å². The average Bonchev–Trinajstić information content (AvgIpc) is 2.98. The van der Waals surface area contributed by atoms with Crippen molar-refractivity contribution in [2.75, 3.05) is 5.32 Å². The van der Waals surface area contributed by atoms with Gasteiger partial charge < -0.3 is 10.3 Å². The van der Waals surface area contributed by atoms with E-state index in [2.05, 4.69) is 20.3 Å². The highest BCUT2D eigenvalue weighted by Gasteiger charge is 2.05. The van der Waals surface area contributed by atoms with Gasteiger partial charge in [-0.1, -0.05) is 35.1 Å². The molecule has 2 aromatic heterocycles. The van der Waals surface area contributed by atoms with Crippen molar-refractivity contribution in [2.45, 2.75) is 0 Å². The number of aromatic nitrogens is 3. The minimum atomic E-state index is -0.354. The van der Waals surface area contributed by atoms with Gasteiger partial charge in [0.1, 0.15) is 0 Å². The standard InChI is InChI=1S/C17H11ClN4OS/c18-12-3-6-14-15(7-12)24-17(22-14)21-13-4-1-10(2-5-13)11-8-19-16(23)20-9-11/h1-9H,(H,21,22)(H,19,20,23). The second-order valence-electron chi connectivity index (χ2n) is 5.14. The lowest BCUT2D eigenvalue weighted by Crippen LogP contribution is -2.07. The molecule has 24 heavy (non-hydrogen) atoms. The molecule has 0 aliphatic heterocycles. The first kappa shape index (κ1) is 14.9. The number of aromatic amines is 1. The van der Waals surface area contributed by atoms with Crippen LogP contribution in [0, 0.1) is 0 Å². The summed E-state index contributed by atoms with van der Waals surface area (Å²) in [6, 6.07) is 13.5. The Morgan fingerprint density at radius 3 is 2.67 bits per heavy atom. The summed E-state index contributed by atoms with van der Waals surface area (Å²) >= 11 is 7.56. The van der Waals surface area contributed by atoms with E-state index in [1.165, 1.54) is 0 Å². The van der Waals surface area contributed by atoms with Crippen molar-refractivity contribution in [1.29, 1.82) is 0 Å². The number of benzene rings is 2. The van der Waals surface area contributed by atoms with E-state index in [9.17, 15) is 4.79 Å². The summed E-state index contributed by atoms with van der Waals surface area (Å²) in [7, 11) is 0. The molecule has 0 atom stereocenters. The molecule has 5 nitrogen and oxygen atoms in total. The minimum absolute atomic E-state index is 0.354. The van der Waals surface area contributed by atoms with E-state index >= 15 is 0 Å². The summed E-state index contributed by atoms with van der Waals surface area (Å²) in [6.45, 7) is 0. The van der Waals surface area contributed by atoms with Crippen molar-refractivity contribution >= 4 is 44.0 Å². The van der Waals surface area contributed by atoms with Crippen LogP contribution in [0.4, 0.5) is 10.8 Å². The quantitative estimate of drug-likeness (QED) is 0.570. The minimum Gasteiger partial charge on any atom is -0.332 e. The summed E-state index contributed by atoms with van der Waals surface area (Å²) in [4.78, 5) is 21.9. The van der Waals surface area contributed by atoms with Crippen LogP contribution < -0.4 is 11.0 Å². The SMILES string of the molecule is O=c1ncc(-c2ccc(Nc3nc4ccc(Cl)cc4s3)cc2)c[nH]1. The van der Waals surface area contributed by atoms with Gasteiger partial charge in [-0.15, -0.1) is 0 Å². The van der Waals surface area contributed by atoms with Crippen LogP contribution in [0.3, 0.4) is 0 Å². The van der Waals surface area contributed by atoms with Gasteiger partial charge >= 0.3 is 5.69 Å². The first-order valence-corrected chi connectivity index (χ1v) is 8.35. The molecular formula is C17H11ClN4OS. The van der Waals surface area contributed by atoms with E-state index in [0.29, 0.717) is 5.02 Å². The van der Waals surface area contributed by atoms with Gasteiger partial charge in [0.15, 0.2) is 5.13 Å². The van der Waals surface area contributed by atoms with Gasteiger partial charge in [-0.25, -0.2) is 14.8 Å². The second-order valence-corrected chi connectivity index (χ2v) is 6.61. The molecule has 118 valence electrons. The molecular weight excluding hydrogens is 344 g/mol. The Morgan fingerprint density at radius 2 is 1.92 bits per heavy atom. The Labute approximate surface area is 146 Å². The Hall–Kier alpha value is -2.70. The first-order chi connectivity index (χ1) is 11.7. The van der Waals surface area contributed by atoms with Crippen LogP contribution in [0.5, 0.6) is 0 Å². The summed E-state index contributed by atoms with van der Waals surface area (Å²) in [5, 5.41) is 4.81. The maximum atomic E-state index is 11.0. The van der Waals surface area contributed by atoms with Crippen molar-refractivity contribution in [3.05, 3.63) is 70.4 Å². The zero-order valence-electron chi connectivity index (χ0n) is 12.3. The Kier molecular flexibility index (Phi) is 3.76. The van der Waals surface area contributed by atoms with Crippen LogP contribution >= 0.6 is 22.9 Å². The third kappa shape index (κ3) is 3.02. The lowest BCUT2D eigenvalue weighted by molar-refractivity contribution is 1.08. The van der Waals surface area contributed by atoms with E-state index < -0.39 is 0 Å². The molecule has 4 rings (SSSR count). The number of rotatable bonds is 3. The average molecular weight is 355 g/mol. The number of nitrogens with one attached hydrogen (secondary N) is 2. The fraction of sp³-hybridized carbons (Fsp3) is 0. The molecule has 0 aliphatic rings. The number of hydrogen-bond acceptors (Lipinski definition) is 5. The van der Waals surface area contributed by atoms with Crippen LogP contribution in [-0.2, 0) is 0 Å². The fourth-order valence-electron chi connectivity index (χ4n) is 2.32. The summed E-state index contributed by atoms with van der Waals surface area (Å²) in [5.74, 6) is 0. The number of anilines is 2. The number of hydrogen-bond donors (Lipinski definition) is 2. The van der Waals surface area contributed by atoms with Gasteiger partial charge in [0.2, 0.25) is 0 Å². The highest BCUT2D eigenvalue weighted by Crippen LogP contribution is 2.30. The molecule has 0 saturated carbocycles. The number of fused-ring (bicyclic) bond motifs is 1. The molecule has 0 radical (unpaired) electrons. The monoisotopic (exact) mass is 354 g/mol. The Bertz CT molecular complexity index is 1050. The lowest BCUT2D eigenvalue weighted by Gasteiger charge is -2.04. The molecule has 0 unspecified atom stereocenters. The van der Waals surface area contributed by atoms with Gasteiger partial charge in [0.05, 0.1) is 10.2 Å². The largest absolute Gasteiger partial charge is 0.344 e. The molecule has 0 bridgehead atoms. The lowest BCUT2D eigenvalue weighted by atomic mass is 10.1. The normalized spacial score (nSPS) is 10.9. The van der Waals surface area contributed by atoms with Gasteiger partial charge in [-0.2, -0.15) is 0 Å². The maximum absolute atomic E-state index is 11.0. The molecule has 0 aliphatic carbocycles. The van der Waals surface area contributed by atoms with E-state index in [0.717, 1.165) is 32.2 Å². The van der Waals surface area contributed by atoms with Crippen LogP contribution in [0.2, 0.25) is 5.02 Å². The van der Waals surface area contributed by atoms with Gasteiger partial charge in [-0.05, 0) is 35.9 Å². The highest BCUT2D eigenvalue weighted by atomic mass is 35.5. The zero-order chi connectivity index (χ0) is 16.5. The number of thiazole rings is 1. The summed E-state index contributed by atoms with van der Waals surface area (Å²) in [6.07, 6.45) is 3.20. The van der Waals surface area contributed by atoms with Crippen molar-refractivity contribution in [1.82, 2.24) is 15.0 Å². The van der Waals surface area contributed by atoms with Crippen LogP contribution in [0.1, 0.15) is 0 Å². The first-order valence-electron chi connectivity index (χ1n) is 7.16. The molecule has 0 fully saturated rings. The van der Waals surface area contributed by atoms with Crippen molar-refractivity contribution in [2.24, 2.45) is 0 Å². The Morgan fingerprint density at radius 1 is 1.08 bits per heavy atom. The van der Waals surface area contributed by atoms with Gasteiger partial charge in [0, 0.05) is 28.7 Å². The smallest absolute Gasteiger partial charge is 0.332 e. The molecule has 2 heterocycles.